The molecular formula is C11H21NNa3O7+3. The van der Waals surface area contributed by atoms with Crippen LogP contribution in [0.4, 0.5) is 0 Å². The van der Waals surface area contributed by atoms with Crippen molar-refractivity contribution < 1.29 is 123 Å². The molecule has 8 nitrogen and oxygen atoms in total. The molecule has 0 bridgehead atoms. The van der Waals surface area contributed by atoms with Crippen LogP contribution in [-0.4, -0.2) is 76.8 Å². The number of ether oxygens (including phenoxy) is 2. The van der Waals surface area contributed by atoms with Crippen molar-refractivity contribution >= 4 is 5.91 Å². The topological polar surface area (TPSA) is 128 Å². The van der Waals surface area contributed by atoms with Crippen LogP contribution in [0.1, 0.15) is 13.3 Å². The van der Waals surface area contributed by atoms with E-state index in [-0.39, 0.29) is 114 Å². The van der Waals surface area contributed by atoms with Crippen LogP contribution in [0.2, 0.25) is 0 Å². The average molecular weight is 348 g/mol. The van der Waals surface area contributed by atoms with Crippen LogP contribution in [0.3, 0.4) is 0 Å². The summed E-state index contributed by atoms with van der Waals surface area (Å²) >= 11 is 0. The fraction of sp³-hybridized carbons (Fsp3) is 0.909. The van der Waals surface area contributed by atoms with Crippen LogP contribution in [0.5, 0.6) is 0 Å². The van der Waals surface area contributed by atoms with Crippen molar-refractivity contribution in [2.45, 2.75) is 44.0 Å². The number of amides is 1. The van der Waals surface area contributed by atoms with Crippen LogP contribution < -0.4 is 94.0 Å². The molecule has 0 radical (unpaired) electrons. The van der Waals surface area contributed by atoms with E-state index in [4.69, 9.17) is 19.7 Å². The molecule has 0 aliphatic carbocycles. The third-order valence-corrected chi connectivity index (χ3v) is 2.84. The molecule has 1 aliphatic rings. The van der Waals surface area contributed by atoms with Crippen molar-refractivity contribution in [2.24, 2.45) is 0 Å². The Kier molecular flexibility index (Phi) is 20.4. The second-order valence-electron chi connectivity index (χ2n) is 4.40. The van der Waals surface area contributed by atoms with Crippen LogP contribution in [0, 0.1) is 0 Å². The normalized spacial score (nSPS) is 28.4. The van der Waals surface area contributed by atoms with Gasteiger partial charge in [-0.3, -0.25) is 4.79 Å². The van der Waals surface area contributed by atoms with Gasteiger partial charge in [0.25, 0.3) is 0 Å². The Morgan fingerprint density at radius 2 is 1.95 bits per heavy atom. The van der Waals surface area contributed by atoms with Gasteiger partial charge in [0.2, 0.25) is 5.91 Å². The molecule has 1 saturated heterocycles. The molecule has 1 heterocycles. The molecule has 1 rings (SSSR count). The quantitative estimate of drug-likeness (QED) is 0.302. The third-order valence-electron chi connectivity index (χ3n) is 2.84. The van der Waals surface area contributed by atoms with E-state index >= 15 is 0 Å². The maximum atomic E-state index is 11.1. The van der Waals surface area contributed by atoms with Gasteiger partial charge in [0.05, 0.1) is 32.0 Å². The predicted molar refractivity (Wildman–Crippen MR) is 63.0 cm³/mol. The minimum atomic E-state index is -1.26. The molecule has 1 aliphatic heterocycles. The van der Waals surface area contributed by atoms with Gasteiger partial charge < -0.3 is 35.2 Å². The summed E-state index contributed by atoms with van der Waals surface area (Å²) in [5, 5.41) is 39.8. The fourth-order valence-corrected chi connectivity index (χ4v) is 2.02. The Hall–Kier alpha value is 2.23. The number of aliphatic hydroxyl groups is 4. The fourth-order valence-electron chi connectivity index (χ4n) is 2.02. The van der Waals surface area contributed by atoms with Crippen molar-refractivity contribution in [1.29, 1.82) is 0 Å². The first kappa shape index (κ1) is 29.0. The maximum absolute atomic E-state index is 11.1. The SMILES string of the molecule is CC(=O)NC1C(O)CC(OCCO)OC1C(O)CO.[Na+].[Na+].[Na+]. The van der Waals surface area contributed by atoms with Crippen LogP contribution in [0.15, 0.2) is 0 Å². The van der Waals surface area contributed by atoms with Crippen molar-refractivity contribution in [3.8, 4) is 0 Å². The maximum Gasteiger partial charge on any atom is 1.00 e. The molecule has 1 amide bonds. The zero-order chi connectivity index (χ0) is 14.4. The molecule has 5 atom stereocenters. The van der Waals surface area contributed by atoms with E-state index in [0.29, 0.717) is 0 Å². The van der Waals surface area contributed by atoms with Crippen molar-refractivity contribution in [2.75, 3.05) is 19.8 Å². The summed E-state index contributed by atoms with van der Waals surface area (Å²) in [6.45, 7) is 0.548. The summed E-state index contributed by atoms with van der Waals surface area (Å²) in [4.78, 5) is 11.1. The van der Waals surface area contributed by atoms with E-state index in [1.807, 2.05) is 0 Å². The third kappa shape index (κ3) is 9.65. The van der Waals surface area contributed by atoms with E-state index in [0.717, 1.165) is 0 Å². The van der Waals surface area contributed by atoms with Gasteiger partial charge in [-0.05, 0) is 0 Å². The van der Waals surface area contributed by atoms with Gasteiger partial charge in [-0.2, -0.15) is 0 Å². The molecule has 0 spiro atoms. The molecule has 1 fully saturated rings. The number of rotatable bonds is 6. The Morgan fingerprint density at radius 3 is 2.41 bits per heavy atom. The van der Waals surface area contributed by atoms with E-state index in [1.165, 1.54) is 6.92 Å². The smallest absolute Gasteiger partial charge is 0.394 e. The average Bonchev–Trinajstić information content (AvgIpc) is 2.37. The van der Waals surface area contributed by atoms with Crippen LogP contribution >= 0.6 is 0 Å². The van der Waals surface area contributed by atoms with Crippen LogP contribution in [-0.2, 0) is 14.3 Å². The van der Waals surface area contributed by atoms with Crippen molar-refractivity contribution in [3.63, 3.8) is 0 Å². The standard InChI is InChI=1S/C11H21NO7.3Na/c1-6(15)12-10-7(16)4-9(18-3-2-13)19-11(10)8(17)5-14;;;/h7-11,13-14,16-17H,2-5H2,1H3,(H,12,15);;;/q;3*+1. The molecule has 11 heteroatoms. The molecule has 112 valence electrons. The van der Waals surface area contributed by atoms with Crippen LogP contribution in [0.25, 0.3) is 0 Å². The predicted octanol–water partition coefficient (Wildman–Crippen LogP) is -11.7. The molecule has 0 aromatic heterocycles. The second kappa shape index (κ2) is 15.5. The van der Waals surface area contributed by atoms with Gasteiger partial charge in [-0.15, -0.1) is 0 Å². The number of aliphatic hydroxyl groups excluding tert-OH is 4. The largest absolute Gasteiger partial charge is 1.00 e. The molecule has 0 aromatic carbocycles. The van der Waals surface area contributed by atoms with Crippen molar-refractivity contribution in [3.05, 3.63) is 0 Å². The number of carbonyl (C=O) groups is 1. The monoisotopic (exact) mass is 348 g/mol. The Bertz CT molecular complexity index is 301. The summed E-state index contributed by atoms with van der Waals surface area (Å²) in [7, 11) is 0. The Labute approximate surface area is 196 Å². The van der Waals surface area contributed by atoms with Gasteiger partial charge in [-0.1, -0.05) is 0 Å². The first-order valence-electron chi connectivity index (χ1n) is 6.11. The van der Waals surface area contributed by atoms with Gasteiger partial charge in [0, 0.05) is 13.3 Å². The van der Waals surface area contributed by atoms with E-state index in [1.54, 1.807) is 0 Å². The minimum absolute atomic E-state index is 0. The number of carbonyl (C=O) groups excluding carboxylic acids is 1. The van der Waals surface area contributed by atoms with Crippen molar-refractivity contribution in [1.82, 2.24) is 5.32 Å². The summed E-state index contributed by atoms with van der Waals surface area (Å²) < 4.78 is 10.6. The van der Waals surface area contributed by atoms with E-state index in [2.05, 4.69) is 5.32 Å². The van der Waals surface area contributed by atoms with E-state index in [9.17, 15) is 15.0 Å². The van der Waals surface area contributed by atoms with Gasteiger partial charge in [0.15, 0.2) is 6.29 Å². The summed E-state index contributed by atoms with van der Waals surface area (Å²) in [5.74, 6) is -0.377. The molecule has 0 aromatic rings. The summed E-state index contributed by atoms with van der Waals surface area (Å²) in [6, 6.07) is -0.825. The molecule has 5 N–H and O–H groups in total. The first-order chi connectivity index (χ1) is 8.99. The second-order valence-corrected chi connectivity index (χ2v) is 4.40. The molecule has 22 heavy (non-hydrogen) atoms. The number of hydrogen-bond acceptors (Lipinski definition) is 7. The first-order valence-corrected chi connectivity index (χ1v) is 6.11. The zero-order valence-corrected chi connectivity index (χ0v) is 19.7. The van der Waals surface area contributed by atoms with Gasteiger partial charge in [-0.25, -0.2) is 0 Å². The summed E-state index contributed by atoms with van der Waals surface area (Å²) in [6.07, 6.45) is -3.93. The minimum Gasteiger partial charge on any atom is -0.394 e. The van der Waals surface area contributed by atoms with Gasteiger partial charge in [0.1, 0.15) is 12.2 Å². The molecule has 0 saturated carbocycles. The van der Waals surface area contributed by atoms with E-state index < -0.39 is 37.3 Å². The number of hydrogen-bond donors (Lipinski definition) is 5. The zero-order valence-electron chi connectivity index (χ0n) is 13.7. The molecule has 5 unspecified atom stereocenters. The summed E-state index contributed by atoms with van der Waals surface area (Å²) in [5.41, 5.74) is 0. The molecular weight excluding hydrogens is 327 g/mol. The Balaban J connectivity index is -0.00000120. The van der Waals surface area contributed by atoms with Gasteiger partial charge >= 0.3 is 88.7 Å². The Morgan fingerprint density at radius 1 is 1.36 bits per heavy atom. The number of nitrogens with one attached hydrogen (secondary N) is 1.